The van der Waals surface area contributed by atoms with Gasteiger partial charge in [-0.05, 0) is 38.3 Å². The van der Waals surface area contributed by atoms with Crippen LogP contribution in [0.25, 0.3) is 0 Å². The van der Waals surface area contributed by atoms with E-state index in [0.29, 0.717) is 43.1 Å². The zero-order chi connectivity index (χ0) is 22.1. The quantitative estimate of drug-likeness (QED) is 0.783. The van der Waals surface area contributed by atoms with E-state index < -0.39 is 23.6 Å². The molecule has 166 valence electrons. The Balaban J connectivity index is 1.63. The molecule has 3 heterocycles. The van der Waals surface area contributed by atoms with Gasteiger partial charge in [-0.3, -0.25) is 9.59 Å². The van der Waals surface area contributed by atoms with Gasteiger partial charge in [0.1, 0.15) is 17.3 Å². The van der Waals surface area contributed by atoms with Crippen LogP contribution in [0.1, 0.15) is 71.3 Å². The van der Waals surface area contributed by atoms with Crippen LogP contribution in [0.4, 0.5) is 8.78 Å². The number of hydrogen-bond acceptors (Lipinski definition) is 3. The number of halogens is 2. The molecule has 8 heteroatoms. The molecule has 31 heavy (non-hydrogen) atoms. The maximum Gasteiger partial charge on any atom is 0.270 e. The number of fused-ring (bicyclic) bond motifs is 1. The number of amides is 2. The number of nitrogens with zero attached hydrogens (tertiary/aromatic N) is 2. The van der Waals surface area contributed by atoms with Crippen LogP contribution in [-0.2, 0) is 17.9 Å². The van der Waals surface area contributed by atoms with Gasteiger partial charge in [0.05, 0.1) is 30.5 Å². The molecule has 1 N–H and O–H groups in total. The molecule has 4 rings (SSSR count). The fourth-order valence-electron chi connectivity index (χ4n) is 4.50. The van der Waals surface area contributed by atoms with Crippen molar-refractivity contribution in [3.05, 3.63) is 58.4 Å². The Labute approximate surface area is 180 Å². The maximum atomic E-state index is 14.3. The van der Waals surface area contributed by atoms with Crippen LogP contribution in [0.3, 0.4) is 0 Å². The Hall–Kier alpha value is -2.74. The second-order valence-corrected chi connectivity index (χ2v) is 8.18. The van der Waals surface area contributed by atoms with E-state index >= 15 is 0 Å². The molecule has 1 fully saturated rings. The average Bonchev–Trinajstić information content (AvgIpc) is 3.36. The summed E-state index contributed by atoms with van der Waals surface area (Å²) in [5.41, 5.74) is 1.71. The van der Waals surface area contributed by atoms with E-state index in [0.717, 1.165) is 18.9 Å². The lowest BCUT2D eigenvalue weighted by Crippen LogP contribution is -2.35. The van der Waals surface area contributed by atoms with Crippen molar-refractivity contribution in [2.75, 3.05) is 13.2 Å². The molecule has 0 aliphatic carbocycles. The van der Waals surface area contributed by atoms with Gasteiger partial charge < -0.3 is 19.5 Å². The van der Waals surface area contributed by atoms with Gasteiger partial charge in [0.15, 0.2) is 0 Å². The zero-order valence-corrected chi connectivity index (χ0v) is 17.8. The molecule has 1 aromatic heterocycles. The number of aromatic nitrogens is 1. The Morgan fingerprint density at radius 3 is 2.74 bits per heavy atom. The first kappa shape index (κ1) is 21.5. The van der Waals surface area contributed by atoms with Crippen molar-refractivity contribution >= 4 is 11.8 Å². The van der Waals surface area contributed by atoms with E-state index in [1.54, 1.807) is 6.07 Å². The van der Waals surface area contributed by atoms with Crippen molar-refractivity contribution in [3.63, 3.8) is 0 Å². The number of carbonyl (C=O) groups is 2. The molecule has 0 saturated carbocycles. The van der Waals surface area contributed by atoms with Gasteiger partial charge in [-0.25, -0.2) is 8.78 Å². The van der Waals surface area contributed by atoms with E-state index in [4.69, 9.17) is 4.74 Å². The van der Waals surface area contributed by atoms with E-state index in [-0.39, 0.29) is 24.1 Å². The van der Waals surface area contributed by atoms with Gasteiger partial charge in [-0.1, -0.05) is 13.0 Å². The smallest absolute Gasteiger partial charge is 0.270 e. The maximum absolute atomic E-state index is 14.3. The molecular weight excluding hydrogens is 404 g/mol. The van der Waals surface area contributed by atoms with Crippen molar-refractivity contribution in [2.24, 2.45) is 0 Å². The predicted molar refractivity (Wildman–Crippen MR) is 111 cm³/mol. The molecule has 2 aromatic rings. The number of likely N-dealkylation sites (tertiary alicyclic amines) is 1. The highest BCUT2D eigenvalue weighted by atomic mass is 19.1. The summed E-state index contributed by atoms with van der Waals surface area (Å²) in [6.45, 7) is 5.75. The zero-order valence-electron chi connectivity index (χ0n) is 17.8. The number of ether oxygens (including phenoxy) is 1. The monoisotopic (exact) mass is 431 g/mol. The minimum absolute atomic E-state index is 0.0798. The third-order valence-corrected chi connectivity index (χ3v) is 6.24. The highest BCUT2D eigenvalue weighted by Gasteiger charge is 2.32. The Bertz CT molecular complexity index is 1000. The average molecular weight is 431 g/mol. The standard InChI is InChI=1S/C23H27F2N3O3/c1-3-19(16-7-6-15(24)11-18(16)25)26-22(29)17-12-20(28-9-10-31-13-21(17)28)23(30)27-8-4-5-14(27)2/h6-7,11-12,14,19H,3-5,8-10,13H2,1-2H3,(H,26,29)/t14-,19+/m0/s1. The molecule has 0 spiro atoms. The predicted octanol–water partition coefficient (Wildman–Crippen LogP) is 3.80. The van der Waals surface area contributed by atoms with E-state index in [1.807, 2.05) is 23.3 Å². The summed E-state index contributed by atoms with van der Waals surface area (Å²) in [4.78, 5) is 28.2. The molecule has 2 aliphatic heterocycles. The van der Waals surface area contributed by atoms with Gasteiger partial charge in [0.25, 0.3) is 11.8 Å². The molecule has 2 aliphatic rings. The molecule has 0 unspecified atom stereocenters. The molecule has 1 aromatic carbocycles. The van der Waals surface area contributed by atoms with Crippen LogP contribution >= 0.6 is 0 Å². The molecule has 0 bridgehead atoms. The fourth-order valence-corrected chi connectivity index (χ4v) is 4.50. The van der Waals surface area contributed by atoms with Crippen molar-refractivity contribution in [3.8, 4) is 0 Å². The molecular formula is C23H27F2N3O3. The van der Waals surface area contributed by atoms with Crippen LogP contribution in [0.2, 0.25) is 0 Å². The topological polar surface area (TPSA) is 63.6 Å². The van der Waals surface area contributed by atoms with Crippen molar-refractivity contribution in [2.45, 2.75) is 58.3 Å². The van der Waals surface area contributed by atoms with Crippen molar-refractivity contribution < 1.29 is 23.1 Å². The molecule has 0 radical (unpaired) electrons. The normalized spacial score (nSPS) is 19.2. The third-order valence-electron chi connectivity index (χ3n) is 6.24. The first-order valence-corrected chi connectivity index (χ1v) is 10.8. The summed E-state index contributed by atoms with van der Waals surface area (Å²) in [5, 5.41) is 2.85. The lowest BCUT2D eigenvalue weighted by atomic mass is 10.0. The van der Waals surface area contributed by atoms with E-state index in [9.17, 15) is 18.4 Å². The number of rotatable bonds is 5. The fraction of sp³-hybridized carbons (Fsp3) is 0.478. The van der Waals surface area contributed by atoms with Crippen LogP contribution in [0, 0.1) is 11.6 Å². The van der Waals surface area contributed by atoms with Gasteiger partial charge in [-0.15, -0.1) is 0 Å². The Morgan fingerprint density at radius 1 is 1.26 bits per heavy atom. The van der Waals surface area contributed by atoms with E-state index in [2.05, 4.69) is 5.32 Å². The van der Waals surface area contributed by atoms with Crippen LogP contribution in [0.15, 0.2) is 24.3 Å². The Morgan fingerprint density at radius 2 is 2.06 bits per heavy atom. The van der Waals surface area contributed by atoms with Gasteiger partial charge in [0, 0.05) is 30.8 Å². The summed E-state index contributed by atoms with van der Waals surface area (Å²) in [6.07, 6.45) is 2.37. The summed E-state index contributed by atoms with van der Waals surface area (Å²) in [6, 6.07) is 4.51. The number of carbonyl (C=O) groups excluding carboxylic acids is 2. The minimum atomic E-state index is -0.701. The summed E-state index contributed by atoms with van der Waals surface area (Å²) >= 11 is 0. The van der Waals surface area contributed by atoms with Crippen LogP contribution in [-0.4, -0.2) is 40.5 Å². The van der Waals surface area contributed by atoms with Crippen molar-refractivity contribution in [1.29, 1.82) is 0 Å². The van der Waals surface area contributed by atoms with Gasteiger partial charge in [0.2, 0.25) is 0 Å². The summed E-state index contributed by atoms with van der Waals surface area (Å²) in [7, 11) is 0. The summed E-state index contributed by atoms with van der Waals surface area (Å²) < 4.78 is 35.0. The lowest BCUT2D eigenvalue weighted by molar-refractivity contribution is 0.0683. The highest BCUT2D eigenvalue weighted by molar-refractivity contribution is 6.01. The SMILES string of the molecule is CC[C@@H](NC(=O)c1cc(C(=O)N2CCC[C@@H]2C)n2c1COCC2)c1ccc(F)cc1F. The minimum Gasteiger partial charge on any atom is -0.373 e. The second-order valence-electron chi connectivity index (χ2n) is 8.18. The number of nitrogens with one attached hydrogen (secondary N) is 1. The Kier molecular flexibility index (Phi) is 6.09. The van der Waals surface area contributed by atoms with Gasteiger partial charge >= 0.3 is 0 Å². The van der Waals surface area contributed by atoms with Gasteiger partial charge in [-0.2, -0.15) is 0 Å². The lowest BCUT2D eigenvalue weighted by Gasteiger charge is -2.24. The van der Waals surface area contributed by atoms with Crippen LogP contribution < -0.4 is 5.32 Å². The number of hydrogen-bond donors (Lipinski definition) is 1. The number of benzene rings is 1. The largest absolute Gasteiger partial charge is 0.373 e. The first-order valence-electron chi connectivity index (χ1n) is 10.8. The van der Waals surface area contributed by atoms with Crippen molar-refractivity contribution in [1.82, 2.24) is 14.8 Å². The van der Waals surface area contributed by atoms with Crippen LogP contribution in [0.5, 0.6) is 0 Å². The molecule has 6 nitrogen and oxygen atoms in total. The first-order chi connectivity index (χ1) is 14.9. The van der Waals surface area contributed by atoms with E-state index in [1.165, 1.54) is 12.1 Å². The second kappa shape index (κ2) is 8.78. The summed E-state index contributed by atoms with van der Waals surface area (Å²) in [5.74, 6) is -1.85. The highest BCUT2D eigenvalue weighted by Crippen LogP contribution is 2.27. The third kappa shape index (κ3) is 4.08. The molecule has 1 saturated heterocycles. The molecule has 2 atom stereocenters. The molecule has 2 amide bonds.